The lowest BCUT2D eigenvalue weighted by atomic mass is 9.67. The third-order valence-electron chi connectivity index (χ3n) is 11.0. The molecule has 2 amide bonds. The van der Waals surface area contributed by atoms with E-state index in [4.69, 9.17) is 9.47 Å². The summed E-state index contributed by atoms with van der Waals surface area (Å²) < 4.78 is 13.8. The van der Waals surface area contributed by atoms with Crippen LogP contribution in [0, 0.1) is 5.92 Å². The summed E-state index contributed by atoms with van der Waals surface area (Å²) in [7, 11) is 1.42. The first-order chi connectivity index (χ1) is 23.0. The van der Waals surface area contributed by atoms with E-state index in [9.17, 15) is 50.4 Å². The van der Waals surface area contributed by atoms with Crippen molar-refractivity contribution in [2.75, 3.05) is 25.2 Å². The van der Waals surface area contributed by atoms with E-state index in [1.807, 2.05) is 0 Å². The van der Waals surface area contributed by atoms with Crippen LogP contribution in [-0.2, 0) is 19.1 Å². The molecule has 4 aliphatic heterocycles. The van der Waals surface area contributed by atoms with Gasteiger partial charge in [-0.15, -0.1) is 0 Å². The molecule has 0 saturated carbocycles. The standard InChI is InChI=1S/C33H37N3O12/c1-34-30(45)20-18-12-6-2-4-8-14(12)35(32-28(43)26(41)24(39)16(10-37)47-32)22(18)23-19(21(20)31(34)46)13-7-3-5-9-15(13)36(23)33-29(44)27(42)25(40)17(11-38)48-33/h2-9,16-18,20-22,24-29,32-33,37-44H,10-11H2,1H3/t16-,17-,18+,20-,21+,22+,24-,25-,26+,27+,28-,29-,32-,33-/m1/s1. The zero-order valence-corrected chi connectivity index (χ0v) is 25.7. The number of para-hydroxylation sites is 2. The topological polar surface area (TPSA) is 226 Å². The number of imide groups is 1. The minimum Gasteiger partial charge on any atom is -0.394 e. The molecule has 0 bridgehead atoms. The molecule has 8 rings (SSSR count). The number of likely N-dealkylation sites (N-methyl/N-ethyl adjacent to an activating group) is 1. The SMILES string of the molecule is CN1C(=O)[C@@H]2[C@@H]3c4ccccc4N([C@@H]4O[C@H](CO)[C@@H](O)[C@H](O)[C@H]4O)[C@@H]3c3c(c4ccccc4n3[C@@H]3O[C@H](CO)[C@@H](O)[C@H](O)[C@H]3O)[C@@H]2C1=O. The van der Waals surface area contributed by atoms with Crippen molar-refractivity contribution in [3.05, 3.63) is 65.4 Å². The van der Waals surface area contributed by atoms with Gasteiger partial charge in [-0.05, 0) is 23.3 Å². The van der Waals surface area contributed by atoms with Gasteiger partial charge < -0.3 is 59.8 Å². The number of hydrogen-bond acceptors (Lipinski definition) is 13. The van der Waals surface area contributed by atoms with Crippen LogP contribution in [0.4, 0.5) is 5.69 Å². The number of benzene rings is 2. The van der Waals surface area contributed by atoms with Crippen molar-refractivity contribution >= 4 is 28.4 Å². The van der Waals surface area contributed by atoms with Crippen LogP contribution in [0.1, 0.15) is 40.9 Å². The van der Waals surface area contributed by atoms with Gasteiger partial charge in [-0.1, -0.05) is 36.4 Å². The van der Waals surface area contributed by atoms with Crippen molar-refractivity contribution in [2.45, 2.75) is 79.2 Å². The number of likely N-dealkylation sites (tertiary alicyclic amines) is 1. The molecular weight excluding hydrogens is 630 g/mol. The Morgan fingerprint density at radius 1 is 0.688 bits per heavy atom. The largest absolute Gasteiger partial charge is 0.394 e. The molecule has 3 fully saturated rings. The number of aromatic nitrogens is 1. The van der Waals surface area contributed by atoms with Gasteiger partial charge >= 0.3 is 0 Å². The number of ether oxygens (including phenoxy) is 2. The van der Waals surface area contributed by atoms with E-state index in [2.05, 4.69) is 0 Å². The van der Waals surface area contributed by atoms with Gasteiger partial charge in [-0.3, -0.25) is 14.5 Å². The Kier molecular flexibility index (Phi) is 7.47. The fraction of sp³-hybridized carbons (Fsp3) is 0.515. The highest BCUT2D eigenvalue weighted by molar-refractivity contribution is 6.11. The van der Waals surface area contributed by atoms with Crippen molar-refractivity contribution in [3.63, 3.8) is 0 Å². The maximum absolute atomic E-state index is 14.1. The quantitative estimate of drug-likeness (QED) is 0.138. The Morgan fingerprint density at radius 3 is 1.94 bits per heavy atom. The molecule has 2 aromatic carbocycles. The monoisotopic (exact) mass is 667 g/mol. The molecule has 15 nitrogen and oxygen atoms in total. The predicted molar refractivity (Wildman–Crippen MR) is 163 cm³/mol. The number of amides is 2. The van der Waals surface area contributed by atoms with Crippen molar-refractivity contribution in [1.82, 2.24) is 9.47 Å². The van der Waals surface area contributed by atoms with E-state index in [1.54, 1.807) is 58.0 Å². The molecule has 0 spiro atoms. The summed E-state index contributed by atoms with van der Waals surface area (Å²) in [5.41, 5.74) is 2.45. The molecule has 1 aliphatic carbocycles. The molecule has 14 atom stereocenters. The fourth-order valence-electron chi connectivity index (χ4n) is 8.80. The first-order valence-corrected chi connectivity index (χ1v) is 16.0. The van der Waals surface area contributed by atoms with Crippen LogP contribution in [0.5, 0.6) is 0 Å². The number of hydrogen-bond donors (Lipinski definition) is 8. The summed E-state index contributed by atoms with van der Waals surface area (Å²) in [6.07, 6.45) is -15.5. The molecule has 5 heterocycles. The molecule has 3 aromatic rings. The summed E-state index contributed by atoms with van der Waals surface area (Å²) in [5.74, 6) is -3.49. The van der Waals surface area contributed by atoms with E-state index >= 15 is 0 Å². The maximum atomic E-state index is 14.1. The Labute approximate surface area is 273 Å². The molecule has 48 heavy (non-hydrogen) atoms. The first kappa shape index (κ1) is 31.8. The Morgan fingerprint density at radius 2 is 1.27 bits per heavy atom. The Bertz CT molecular complexity index is 1780. The van der Waals surface area contributed by atoms with E-state index in [0.29, 0.717) is 33.4 Å². The van der Waals surface area contributed by atoms with E-state index < -0.39 is 110 Å². The van der Waals surface area contributed by atoms with Crippen LogP contribution in [0.3, 0.4) is 0 Å². The van der Waals surface area contributed by atoms with Gasteiger partial charge in [-0.2, -0.15) is 0 Å². The highest BCUT2D eigenvalue weighted by Gasteiger charge is 2.64. The molecule has 0 radical (unpaired) electrons. The number of aliphatic hydroxyl groups excluding tert-OH is 8. The number of rotatable bonds is 4. The van der Waals surface area contributed by atoms with Gasteiger partial charge in [0, 0.05) is 29.7 Å². The third kappa shape index (κ3) is 4.05. The summed E-state index contributed by atoms with van der Waals surface area (Å²) in [6, 6.07) is 13.1. The molecule has 1 aromatic heterocycles. The average Bonchev–Trinajstić information content (AvgIpc) is 3.69. The third-order valence-corrected chi connectivity index (χ3v) is 11.0. The van der Waals surface area contributed by atoms with Gasteiger partial charge in [0.25, 0.3) is 0 Å². The molecule has 256 valence electrons. The molecular formula is C33H37N3O12. The number of fused-ring (bicyclic) bond motifs is 10. The first-order valence-electron chi connectivity index (χ1n) is 16.0. The lowest BCUT2D eigenvalue weighted by Gasteiger charge is -2.49. The van der Waals surface area contributed by atoms with Gasteiger partial charge in [0.2, 0.25) is 11.8 Å². The van der Waals surface area contributed by atoms with Crippen LogP contribution in [-0.4, -0.2) is 137 Å². The van der Waals surface area contributed by atoms with E-state index in [-0.39, 0.29) is 0 Å². The van der Waals surface area contributed by atoms with Crippen molar-refractivity contribution < 1.29 is 59.9 Å². The fourth-order valence-corrected chi connectivity index (χ4v) is 8.80. The second kappa shape index (κ2) is 11.3. The van der Waals surface area contributed by atoms with Crippen LogP contribution >= 0.6 is 0 Å². The molecule has 3 saturated heterocycles. The van der Waals surface area contributed by atoms with Crippen LogP contribution < -0.4 is 4.90 Å². The van der Waals surface area contributed by atoms with Gasteiger partial charge in [0.05, 0.1) is 36.6 Å². The van der Waals surface area contributed by atoms with Crippen LogP contribution in [0.2, 0.25) is 0 Å². The predicted octanol–water partition coefficient (Wildman–Crippen LogP) is -2.23. The summed E-state index contributed by atoms with van der Waals surface area (Å²) >= 11 is 0. The molecule has 8 N–H and O–H groups in total. The summed E-state index contributed by atoms with van der Waals surface area (Å²) in [5, 5.41) is 86.6. The smallest absolute Gasteiger partial charge is 0.237 e. The summed E-state index contributed by atoms with van der Waals surface area (Å²) in [4.78, 5) is 30.9. The van der Waals surface area contributed by atoms with Gasteiger partial charge in [-0.25, -0.2) is 0 Å². The summed E-state index contributed by atoms with van der Waals surface area (Å²) in [6.45, 7) is -1.36. The maximum Gasteiger partial charge on any atom is 0.237 e. The lowest BCUT2D eigenvalue weighted by Crippen LogP contribution is -2.64. The van der Waals surface area contributed by atoms with E-state index in [0.717, 1.165) is 4.90 Å². The molecule has 0 unspecified atom stereocenters. The molecule has 5 aliphatic rings. The number of anilines is 1. The number of aliphatic hydroxyl groups is 8. The second-order valence-corrected chi connectivity index (χ2v) is 13.3. The minimum absolute atomic E-state index is 0.386. The number of carbonyl (C=O) groups is 2. The highest BCUT2D eigenvalue weighted by atomic mass is 16.6. The van der Waals surface area contributed by atoms with Crippen LogP contribution in [0.15, 0.2) is 48.5 Å². The van der Waals surface area contributed by atoms with Gasteiger partial charge in [0.1, 0.15) is 48.8 Å². The lowest BCUT2D eigenvalue weighted by molar-refractivity contribution is -0.251. The zero-order chi connectivity index (χ0) is 33.9. The second-order valence-electron chi connectivity index (χ2n) is 13.3. The zero-order valence-electron chi connectivity index (χ0n) is 25.7. The number of carbonyl (C=O) groups excluding carboxylic acids is 2. The average molecular weight is 668 g/mol. The highest BCUT2D eigenvalue weighted by Crippen LogP contribution is 2.64. The minimum atomic E-state index is -1.73. The van der Waals surface area contributed by atoms with Crippen LogP contribution in [0.25, 0.3) is 10.9 Å². The normalized spacial score (nSPS) is 40.6. The van der Waals surface area contributed by atoms with Gasteiger partial charge in [0.15, 0.2) is 12.5 Å². The van der Waals surface area contributed by atoms with Crippen molar-refractivity contribution in [2.24, 2.45) is 5.92 Å². The van der Waals surface area contributed by atoms with Crippen molar-refractivity contribution in [1.29, 1.82) is 0 Å². The van der Waals surface area contributed by atoms with E-state index in [1.165, 1.54) is 7.05 Å². The Hall–Kier alpha value is -3.48. The number of nitrogens with zero attached hydrogens (tertiary/aromatic N) is 3. The molecule has 15 heteroatoms. The Balaban J connectivity index is 1.43. The van der Waals surface area contributed by atoms with Crippen molar-refractivity contribution in [3.8, 4) is 0 Å².